The molecule has 0 aromatic heterocycles. The van der Waals surface area contributed by atoms with E-state index in [0.717, 1.165) is 19.4 Å². The average Bonchev–Trinajstić information content (AvgIpc) is 2.73. The molecule has 2 nitrogen and oxygen atoms in total. The highest BCUT2D eigenvalue weighted by molar-refractivity contribution is 5.35. The lowest BCUT2D eigenvalue weighted by Crippen LogP contribution is -2.34. The zero-order chi connectivity index (χ0) is 12.5. The average molecular weight is 241 g/mol. The van der Waals surface area contributed by atoms with E-state index in [1.807, 2.05) is 6.92 Å². The van der Waals surface area contributed by atoms with Gasteiger partial charge in [-0.05, 0) is 39.3 Å². The molecule has 1 saturated heterocycles. The number of halogens is 2. The van der Waals surface area contributed by atoms with Gasteiger partial charge < -0.3 is 10.1 Å². The third kappa shape index (κ3) is 2.14. The molecule has 1 aliphatic heterocycles. The predicted octanol–water partition coefficient (Wildman–Crippen LogP) is 2.96. The summed E-state index contributed by atoms with van der Waals surface area (Å²) < 4.78 is 32.8. The second kappa shape index (κ2) is 4.61. The molecule has 17 heavy (non-hydrogen) atoms. The van der Waals surface area contributed by atoms with Crippen LogP contribution in [0.1, 0.15) is 32.3 Å². The van der Waals surface area contributed by atoms with Crippen molar-refractivity contribution < 1.29 is 13.5 Å². The molecule has 1 aliphatic rings. The molecule has 0 amide bonds. The highest BCUT2D eigenvalue weighted by Crippen LogP contribution is 2.35. The van der Waals surface area contributed by atoms with Crippen molar-refractivity contribution in [1.82, 2.24) is 5.32 Å². The van der Waals surface area contributed by atoms with Gasteiger partial charge in [0.15, 0.2) is 11.6 Å². The summed E-state index contributed by atoms with van der Waals surface area (Å²) in [4.78, 5) is 0. The Morgan fingerprint density at radius 2 is 2.12 bits per heavy atom. The first-order chi connectivity index (χ1) is 8.08. The summed E-state index contributed by atoms with van der Waals surface area (Å²) in [6.07, 6.45) is 1.79. The number of nitrogens with one attached hydrogen (secondary N) is 1. The van der Waals surface area contributed by atoms with Crippen LogP contribution in [0.2, 0.25) is 0 Å². The number of ether oxygens (including phenoxy) is 1. The van der Waals surface area contributed by atoms with Gasteiger partial charge in [-0.25, -0.2) is 4.39 Å². The maximum Gasteiger partial charge on any atom is 0.200 e. The summed E-state index contributed by atoms with van der Waals surface area (Å²) in [6.45, 7) is 4.80. The summed E-state index contributed by atoms with van der Waals surface area (Å²) in [5.74, 6) is -1.71. The Balaban J connectivity index is 2.40. The van der Waals surface area contributed by atoms with Gasteiger partial charge in [0.05, 0.1) is 6.61 Å². The minimum absolute atomic E-state index is 0.0182. The molecule has 1 aromatic rings. The van der Waals surface area contributed by atoms with Crippen molar-refractivity contribution in [1.29, 1.82) is 0 Å². The van der Waals surface area contributed by atoms with E-state index < -0.39 is 17.2 Å². The Morgan fingerprint density at radius 1 is 1.35 bits per heavy atom. The smallest absolute Gasteiger partial charge is 0.200 e. The Bertz CT molecular complexity index is 414. The molecule has 4 heteroatoms. The van der Waals surface area contributed by atoms with Crippen molar-refractivity contribution in [2.45, 2.75) is 32.2 Å². The van der Waals surface area contributed by atoms with Crippen LogP contribution in [0.25, 0.3) is 0 Å². The van der Waals surface area contributed by atoms with Gasteiger partial charge in [-0.2, -0.15) is 4.39 Å². The van der Waals surface area contributed by atoms with Gasteiger partial charge in [-0.1, -0.05) is 6.07 Å². The number of benzene rings is 1. The predicted molar refractivity (Wildman–Crippen MR) is 62.1 cm³/mol. The van der Waals surface area contributed by atoms with Crippen LogP contribution < -0.4 is 10.1 Å². The molecule has 1 fully saturated rings. The fourth-order valence-electron chi connectivity index (χ4n) is 2.35. The maximum atomic E-state index is 14.0. The van der Waals surface area contributed by atoms with Crippen molar-refractivity contribution in [3.63, 3.8) is 0 Å². The van der Waals surface area contributed by atoms with Crippen LogP contribution in [-0.2, 0) is 5.54 Å². The van der Waals surface area contributed by atoms with Gasteiger partial charge in [0.2, 0.25) is 5.82 Å². The molecule has 1 aromatic carbocycles. The minimum Gasteiger partial charge on any atom is -0.491 e. The van der Waals surface area contributed by atoms with Crippen LogP contribution in [-0.4, -0.2) is 13.2 Å². The summed E-state index contributed by atoms with van der Waals surface area (Å²) in [6, 6.07) is 3.12. The fourth-order valence-corrected chi connectivity index (χ4v) is 2.35. The Kier molecular flexibility index (Phi) is 3.33. The van der Waals surface area contributed by atoms with Crippen LogP contribution in [0.3, 0.4) is 0 Å². The van der Waals surface area contributed by atoms with E-state index in [9.17, 15) is 8.78 Å². The molecule has 1 heterocycles. The molecule has 0 bridgehead atoms. The molecule has 94 valence electrons. The lowest BCUT2D eigenvalue weighted by Gasteiger charge is -2.26. The van der Waals surface area contributed by atoms with Gasteiger partial charge in [0.1, 0.15) is 0 Å². The minimum atomic E-state index is -0.890. The van der Waals surface area contributed by atoms with Gasteiger partial charge in [-0.15, -0.1) is 0 Å². The zero-order valence-corrected chi connectivity index (χ0v) is 10.1. The molecule has 0 radical (unpaired) electrons. The molecule has 0 saturated carbocycles. The van der Waals surface area contributed by atoms with Crippen LogP contribution in [0.15, 0.2) is 12.1 Å². The van der Waals surface area contributed by atoms with E-state index in [4.69, 9.17) is 4.74 Å². The second-order valence-corrected chi connectivity index (χ2v) is 4.53. The highest BCUT2D eigenvalue weighted by Gasteiger charge is 2.34. The van der Waals surface area contributed by atoms with E-state index in [0.29, 0.717) is 12.2 Å². The Morgan fingerprint density at radius 3 is 2.71 bits per heavy atom. The van der Waals surface area contributed by atoms with E-state index in [2.05, 4.69) is 5.32 Å². The molecule has 1 unspecified atom stereocenters. The topological polar surface area (TPSA) is 21.3 Å². The second-order valence-electron chi connectivity index (χ2n) is 4.53. The summed E-state index contributed by atoms with van der Waals surface area (Å²) in [7, 11) is 0. The van der Waals surface area contributed by atoms with Crippen molar-refractivity contribution in [3.05, 3.63) is 29.3 Å². The standard InChI is InChI=1S/C13H17F2NO/c1-3-17-10-6-5-9(11(14)12(10)15)13(2)7-4-8-16-13/h5-6,16H,3-4,7-8H2,1-2H3. The van der Waals surface area contributed by atoms with Gasteiger partial charge in [0.25, 0.3) is 0 Å². The summed E-state index contributed by atoms with van der Waals surface area (Å²) >= 11 is 0. The van der Waals surface area contributed by atoms with Gasteiger partial charge in [-0.3, -0.25) is 0 Å². The normalized spacial score (nSPS) is 24.0. The highest BCUT2D eigenvalue weighted by atomic mass is 19.2. The quantitative estimate of drug-likeness (QED) is 0.878. The first kappa shape index (κ1) is 12.3. The molecule has 0 spiro atoms. The van der Waals surface area contributed by atoms with E-state index in [1.54, 1.807) is 13.0 Å². The van der Waals surface area contributed by atoms with Crippen molar-refractivity contribution in [3.8, 4) is 5.75 Å². The van der Waals surface area contributed by atoms with Gasteiger partial charge in [0, 0.05) is 11.1 Å². The number of hydrogen-bond donors (Lipinski definition) is 1. The monoisotopic (exact) mass is 241 g/mol. The number of hydrogen-bond acceptors (Lipinski definition) is 2. The molecular weight excluding hydrogens is 224 g/mol. The van der Waals surface area contributed by atoms with Gasteiger partial charge >= 0.3 is 0 Å². The van der Waals surface area contributed by atoms with E-state index in [1.165, 1.54) is 6.07 Å². The maximum absolute atomic E-state index is 14.0. The zero-order valence-electron chi connectivity index (χ0n) is 10.1. The SMILES string of the molecule is CCOc1ccc(C2(C)CCCN2)c(F)c1F. The fraction of sp³-hybridized carbons (Fsp3) is 0.538. The molecule has 2 rings (SSSR count). The molecule has 0 aliphatic carbocycles. The lowest BCUT2D eigenvalue weighted by atomic mass is 9.90. The third-order valence-corrected chi connectivity index (χ3v) is 3.31. The van der Waals surface area contributed by atoms with Crippen molar-refractivity contribution in [2.75, 3.05) is 13.2 Å². The molecular formula is C13H17F2NO. The van der Waals surface area contributed by atoms with Crippen molar-refractivity contribution >= 4 is 0 Å². The lowest BCUT2D eigenvalue weighted by molar-refractivity contribution is 0.309. The Hall–Kier alpha value is -1.16. The molecule has 1 N–H and O–H groups in total. The Labute approximate surface area is 100.0 Å². The number of rotatable bonds is 3. The van der Waals surface area contributed by atoms with Crippen molar-refractivity contribution in [2.24, 2.45) is 0 Å². The van der Waals surface area contributed by atoms with Crippen LogP contribution in [0.4, 0.5) is 8.78 Å². The summed E-state index contributed by atoms with van der Waals surface area (Å²) in [5.41, 5.74) is -0.0775. The first-order valence-corrected chi connectivity index (χ1v) is 5.95. The summed E-state index contributed by atoms with van der Waals surface area (Å²) in [5, 5.41) is 3.22. The largest absolute Gasteiger partial charge is 0.491 e. The van der Waals surface area contributed by atoms with E-state index in [-0.39, 0.29) is 5.75 Å². The van der Waals surface area contributed by atoms with Crippen LogP contribution in [0.5, 0.6) is 5.75 Å². The van der Waals surface area contributed by atoms with E-state index >= 15 is 0 Å². The molecule has 1 atom stereocenters. The first-order valence-electron chi connectivity index (χ1n) is 5.95. The van der Waals surface area contributed by atoms with Crippen LogP contribution in [0, 0.1) is 11.6 Å². The third-order valence-electron chi connectivity index (χ3n) is 3.31. The van der Waals surface area contributed by atoms with Crippen LogP contribution >= 0.6 is 0 Å².